The van der Waals surface area contributed by atoms with Crippen molar-refractivity contribution < 1.29 is 0 Å². The van der Waals surface area contributed by atoms with Crippen LogP contribution in [0.2, 0.25) is 0 Å². The van der Waals surface area contributed by atoms with Gasteiger partial charge < -0.3 is 9.80 Å². The summed E-state index contributed by atoms with van der Waals surface area (Å²) in [6.07, 6.45) is 0. The summed E-state index contributed by atoms with van der Waals surface area (Å²) in [6, 6.07) is 71.7. The summed E-state index contributed by atoms with van der Waals surface area (Å²) < 4.78 is 0. The van der Waals surface area contributed by atoms with E-state index < -0.39 is 5.41 Å². The fourth-order valence-electron chi connectivity index (χ4n) is 11.7. The molecule has 10 aromatic rings. The minimum Gasteiger partial charge on any atom is -0.310 e. The molecule has 0 saturated carbocycles. The van der Waals surface area contributed by atoms with Gasteiger partial charge in [0.1, 0.15) is 0 Å². The summed E-state index contributed by atoms with van der Waals surface area (Å²) in [4.78, 5) is 4.94. The molecule has 0 aromatic heterocycles. The van der Waals surface area contributed by atoms with Gasteiger partial charge in [-0.2, -0.15) is 0 Å². The molecule has 2 heteroatoms. The van der Waals surface area contributed by atoms with Crippen molar-refractivity contribution in [3.8, 4) is 33.4 Å². The molecule has 0 fully saturated rings. The zero-order valence-electron chi connectivity index (χ0n) is 36.8. The van der Waals surface area contributed by atoms with E-state index >= 15 is 0 Å². The fourth-order valence-corrected chi connectivity index (χ4v) is 11.7. The summed E-state index contributed by atoms with van der Waals surface area (Å²) in [6.45, 7) is 11.2. The summed E-state index contributed by atoms with van der Waals surface area (Å²) >= 11 is 0. The molecule has 0 N–H and O–H groups in total. The maximum Gasteiger partial charge on any atom is 0.0726 e. The SMILES string of the molecule is Cc1cc(N(c2ccccc2)c2ccc3cc4c(cc3c2)C23c5ccccc5-c5cc(ccc52)-c2cc(cc(C)c2C)N(c2ccccc2)c2cc3c-4c3ccccc23)cc(C)c1C. The molecule has 0 amide bonds. The Balaban J connectivity index is 1.16. The van der Waals surface area contributed by atoms with Crippen LogP contribution < -0.4 is 9.80 Å². The number of aryl methyl sites for hydroxylation is 3. The maximum absolute atomic E-state index is 2.57. The molecular weight excluding hydrogens is 773 g/mol. The predicted octanol–water partition coefficient (Wildman–Crippen LogP) is 16.8. The number of para-hydroxylation sites is 2. The van der Waals surface area contributed by atoms with Crippen molar-refractivity contribution in [2.24, 2.45) is 0 Å². The van der Waals surface area contributed by atoms with Crippen LogP contribution in [0.3, 0.4) is 0 Å². The van der Waals surface area contributed by atoms with Crippen LogP contribution in [0.25, 0.3) is 54.9 Å². The van der Waals surface area contributed by atoms with Gasteiger partial charge in [-0.15, -0.1) is 0 Å². The van der Waals surface area contributed by atoms with Crippen LogP contribution >= 0.6 is 0 Å². The first kappa shape index (κ1) is 36.9. The van der Waals surface area contributed by atoms with Crippen LogP contribution in [0.4, 0.5) is 34.1 Å². The highest BCUT2D eigenvalue weighted by atomic mass is 15.1. The van der Waals surface area contributed by atoms with Gasteiger partial charge in [0.05, 0.1) is 11.1 Å². The average Bonchev–Trinajstić information content (AvgIpc) is 3.77. The van der Waals surface area contributed by atoms with Crippen LogP contribution in [0, 0.1) is 34.6 Å². The molecule has 1 atom stereocenters. The lowest BCUT2D eigenvalue weighted by atomic mass is 9.70. The summed E-state index contributed by atoms with van der Waals surface area (Å²) in [5.41, 5.74) is 26.1. The number of hydrogen-bond donors (Lipinski definition) is 0. The van der Waals surface area contributed by atoms with Gasteiger partial charge in [-0.3, -0.25) is 0 Å². The van der Waals surface area contributed by atoms with Gasteiger partial charge in [0.25, 0.3) is 0 Å². The van der Waals surface area contributed by atoms with Crippen molar-refractivity contribution in [1.29, 1.82) is 0 Å². The van der Waals surface area contributed by atoms with E-state index in [1.54, 1.807) is 0 Å². The van der Waals surface area contributed by atoms with E-state index in [1.165, 1.54) is 122 Å². The molecule has 1 spiro atoms. The van der Waals surface area contributed by atoms with Crippen LogP contribution in [0.1, 0.15) is 50.1 Å². The molecular formula is C62H46N2. The monoisotopic (exact) mass is 818 g/mol. The van der Waals surface area contributed by atoms with Crippen LogP contribution in [-0.4, -0.2) is 0 Å². The number of anilines is 6. The molecule has 14 rings (SSSR count). The van der Waals surface area contributed by atoms with E-state index in [0.29, 0.717) is 0 Å². The van der Waals surface area contributed by atoms with Gasteiger partial charge in [-0.05, 0) is 219 Å². The maximum atomic E-state index is 2.57. The van der Waals surface area contributed by atoms with Crippen molar-refractivity contribution >= 4 is 55.7 Å². The molecule has 2 aliphatic heterocycles. The first-order valence-electron chi connectivity index (χ1n) is 22.6. The summed E-state index contributed by atoms with van der Waals surface area (Å²) in [5.74, 6) is 0. The van der Waals surface area contributed by atoms with Crippen molar-refractivity contribution in [1.82, 2.24) is 0 Å². The third-order valence-corrected chi connectivity index (χ3v) is 15.0. The normalized spacial score (nSPS) is 15.0. The second kappa shape index (κ2) is 13.4. The second-order valence-electron chi connectivity index (χ2n) is 18.3. The highest BCUT2D eigenvalue weighted by molar-refractivity contribution is 6.14. The van der Waals surface area contributed by atoms with E-state index in [4.69, 9.17) is 0 Å². The number of fused-ring (bicyclic) bond motifs is 7. The number of nitrogens with zero attached hydrogens (tertiary/aromatic N) is 2. The lowest BCUT2D eigenvalue weighted by Gasteiger charge is -2.34. The summed E-state index contributed by atoms with van der Waals surface area (Å²) in [7, 11) is 0. The van der Waals surface area contributed by atoms with E-state index in [0.717, 1.165) is 17.1 Å². The minimum atomic E-state index is -0.553. The predicted molar refractivity (Wildman–Crippen MR) is 270 cm³/mol. The smallest absolute Gasteiger partial charge is 0.0726 e. The number of rotatable bonds is 4. The largest absolute Gasteiger partial charge is 0.310 e. The molecule has 0 saturated heterocycles. The highest BCUT2D eigenvalue weighted by Crippen LogP contribution is 2.66. The zero-order chi connectivity index (χ0) is 43.0. The van der Waals surface area contributed by atoms with Crippen LogP contribution in [-0.2, 0) is 5.41 Å². The lowest BCUT2D eigenvalue weighted by molar-refractivity contribution is 0.795. The number of hydrogen-bond acceptors (Lipinski definition) is 2. The van der Waals surface area contributed by atoms with E-state index in [-0.39, 0.29) is 0 Å². The third kappa shape index (κ3) is 4.97. The molecule has 64 heavy (non-hydrogen) atoms. The van der Waals surface area contributed by atoms with Gasteiger partial charge in [0, 0.05) is 33.8 Å². The van der Waals surface area contributed by atoms with Crippen LogP contribution in [0.15, 0.2) is 188 Å². The van der Waals surface area contributed by atoms with Crippen molar-refractivity contribution in [2.75, 3.05) is 9.80 Å². The van der Waals surface area contributed by atoms with Gasteiger partial charge in [-0.25, -0.2) is 0 Å². The van der Waals surface area contributed by atoms with Crippen molar-refractivity contribution in [3.63, 3.8) is 0 Å². The summed E-state index contributed by atoms with van der Waals surface area (Å²) in [5, 5.41) is 4.97. The Morgan fingerprint density at radius 1 is 0.375 bits per heavy atom. The van der Waals surface area contributed by atoms with E-state index in [2.05, 4.69) is 232 Å². The van der Waals surface area contributed by atoms with Gasteiger partial charge in [0.2, 0.25) is 0 Å². The Labute approximate surface area is 375 Å². The first-order chi connectivity index (χ1) is 31.3. The van der Waals surface area contributed by atoms with Crippen molar-refractivity contribution in [2.45, 2.75) is 40.0 Å². The molecule has 2 nitrogen and oxygen atoms in total. The van der Waals surface area contributed by atoms with Gasteiger partial charge >= 0.3 is 0 Å². The molecule has 10 aromatic carbocycles. The van der Waals surface area contributed by atoms with E-state index in [1.807, 2.05) is 0 Å². The molecule has 1 unspecified atom stereocenters. The fraction of sp³-hybridized carbons (Fsp3) is 0.0968. The zero-order valence-corrected chi connectivity index (χ0v) is 36.8. The molecule has 8 bridgehead atoms. The Morgan fingerprint density at radius 2 is 1.06 bits per heavy atom. The standard InChI is InChI=1S/C62H46N2/c1-37-28-48(29-38(2)40(37)4)63(45-16-8-6-9-17-45)47-26-24-42-32-55-58(34-44(42)31-47)62-56-23-15-14-20-50(56)54-33-43(25-27-57(54)62)53-35-49(30-39(3)41(53)5)64(46-18-10-7-11-19-46)60-36-59(62)61(55)52-22-13-12-21-51(52)60/h6-36H,1-5H3. The second-order valence-corrected chi connectivity index (χ2v) is 18.3. The quantitative estimate of drug-likeness (QED) is 0.175. The molecule has 2 aliphatic carbocycles. The topological polar surface area (TPSA) is 6.48 Å². The Morgan fingerprint density at radius 3 is 1.86 bits per heavy atom. The van der Waals surface area contributed by atoms with E-state index in [9.17, 15) is 0 Å². The Bertz CT molecular complexity index is 3600. The molecule has 304 valence electrons. The van der Waals surface area contributed by atoms with Gasteiger partial charge in [0.15, 0.2) is 0 Å². The van der Waals surface area contributed by atoms with Crippen LogP contribution in [0.5, 0.6) is 0 Å². The first-order valence-corrected chi connectivity index (χ1v) is 22.6. The lowest BCUT2D eigenvalue weighted by Crippen LogP contribution is -2.26. The Kier molecular flexibility index (Phi) is 7.74. The average molecular weight is 819 g/mol. The third-order valence-electron chi connectivity index (χ3n) is 15.0. The van der Waals surface area contributed by atoms with Gasteiger partial charge in [-0.1, -0.05) is 103 Å². The molecule has 0 radical (unpaired) electrons. The van der Waals surface area contributed by atoms with Crippen molar-refractivity contribution in [3.05, 3.63) is 238 Å². The molecule has 2 heterocycles. The number of benzene rings is 10. The highest BCUT2D eigenvalue weighted by Gasteiger charge is 2.53. The molecule has 4 aliphatic rings. The minimum absolute atomic E-state index is 0.553. The Hall–Kier alpha value is -7.68.